The zero-order chi connectivity index (χ0) is 21.9. The maximum Gasteiger partial charge on any atom is 0.255 e. The van der Waals surface area contributed by atoms with Crippen LogP contribution < -0.4 is 11.1 Å². The van der Waals surface area contributed by atoms with E-state index in [2.05, 4.69) is 10.2 Å². The minimum absolute atomic E-state index is 0.221. The molecule has 7 nitrogen and oxygen atoms in total. The van der Waals surface area contributed by atoms with E-state index in [1.807, 2.05) is 0 Å². The van der Waals surface area contributed by atoms with Gasteiger partial charge in [-0.05, 0) is 76.2 Å². The van der Waals surface area contributed by atoms with E-state index in [-0.39, 0.29) is 10.8 Å². The van der Waals surface area contributed by atoms with Crippen LogP contribution in [0.15, 0.2) is 53.4 Å². The first-order chi connectivity index (χ1) is 14.1. The minimum Gasteiger partial charge on any atom is -0.397 e. The first kappa shape index (κ1) is 22.3. The van der Waals surface area contributed by atoms with Crippen molar-refractivity contribution in [3.63, 3.8) is 0 Å². The number of amides is 1. The number of nitrogen functional groups attached to an aromatic ring is 1. The molecule has 1 aliphatic heterocycles. The van der Waals surface area contributed by atoms with Crippen molar-refractivity contribution in [3.8, 4) is 0 Å². The molecule has 0 unspecified atom stereocenters. The van der Waals surface area contributed by atoms with Crippen LogP contribution in [0.5, 0.6) is 0 Å². The number of hydrogen-bond donors (Lipinski definition) is 3. The van der Waals surface area contributed by atoms with Gasteiger partial charge in [-0.15, -0.1) is 0 Å². The van der Waals surface area contributed by atoms with Gasteiger partial charge >= 0.3 is 0 Å². The Hall–Kier alpha value is -2.42. The van der Waals surface area contributed by atoms with Gasteiger partial charge in [0.15, 0.2) is 9.84 Å². The Morgan fingerprint density at radius 2 is 1.73 bits per heavy atom. The van der Waals surface area contributed by atoms with Crippen molar-refractivity contribution in [2.75, 3.05) is 30.7 Å². The summed E-state index contributed by atoms with van der Waals surface area (Å²) in [6.45, 7) is 5.29. The van der Waals surface area contributed by atoms with Crippen LogP contribution >= 0.6 is 0 Å². The second-order valence-corrected chi connectivity index (χ2v) is 10.6. The average molecular weight is 432 g/mol. The summed E-state index contributed by atoms with van der Waals surface area (Å²) in [5, 5.41) is 12.2. The molecule has 0 spiro atoms. The number of aliphatic hydroxyl groups is 1. The van der Waals surface area contributed by atoms with Crippen LogP contribution in [0, 0.1) is 0 Å². The number of nitrogens with one attached hydrogen (secondary N) is 1. The number of β-amino-alcohol motifs (C(OH)–C–C–N with tert-alkyl or cyclic N) is 1. The third kappa shape index (κ3) is 5.38. The van der Waals surface area contributed by atoms with E-state index < -0.39 is 20.7 Å². The second kappa shape index (κ2) is 8.75. The van der Waals surface area contributed by atoms with Crippen molar-refractivity contribution in [2.24, 2.45) is 0 Å². The van der Waals surface area contributed by atoms with E-state index >= 15 is 0 Å². The monoisotopic (exact) mass is 431 g/mol. The summed E-state index contributed by atoms with van der Waals surface area (Å²) < 4.78 is 26.0. The van der Waals surface area contributed by atoms with E-state index in [4.69, 9.17) is 5.73 Å². The molecule has 0 bridgehead atoms. The number of likely N-dealkylation sites (tertiary alicyclic amines) is 1. The first-order valence-electron chi connectivity index (χ1n) is 10.0. The van der Waals surface area contributed by atoms with Crippen LogP contribution in [0.1, 0.15) is 37.0 Å². The van der Waals surface area contributed by atoms with Crippen LogP contribution in [-0.2, 0) is 9.84 Å². The number of rotatable bonds is 6. The highest BCUT2D eigenvalue weighted by molar-refractivity contribution is 7.92. The van der Waals surface area contributed by atoms with Gasteiger partial charge in [0.05, 0.1) is 27.1 Å². The van der Waals surface area contributed by atoms with Crippen molar-refractivity contribution in [2.45, 2.75) is 42.4 Å². The molecule has 1 fully saturated rings. The summed E-state index contributed by atoms with van der Waals surface area (Å²) >= 11 is 0. The van der Waals surface area contributed by atoms with E-state index in [0.29, 0.717) is 49.4 Å². The molecule has 1 heterocycles. The summed E-state index contributed by atoms with van der Waals surface area (Å²) in [5.74, 6) is -0.350. The summed E-state index contributed by atoms with van der Waals surface area (Å²) in [6.07, 6.45) is 1.04. The fourth-order valence-corrected chi connectivity index (χ4v) is 5.45. The SMILES string of the molecule is CC(C)(O)CN1CCC(S(=O)(=O)c2ccc(C(=O)Nc3ccccc3N)cc2)CC1. The maximum atomic E-state index is 13.0. The molecule has 1 amide bonds. The Kier molecular flexibility index (Phi) is 6.50. The fraction of sp³-hybridized carbons (Fsp3) is 0.409. The van der Waals surface area contributed by atoms with E-state index in [1.54, 1.807) is 38.1 Å². The normalized spacial score (nSPS) is 16.4. The van der Waals surface area contributed by atoms with E-state index in [1.165, 1.54) is 24.3 Å². The number of carbonyl (C=O) groups excluding carboxylic acids is 1. The molecule has 1 aliphatic rings. The predicted molar refractivity (Wildman–Crippen MR) is 118 cm³/mol. The molecule has 30 heavy (non-hydrogen) atoms. The molecule has 0 radical (unpaired) electrons. The van der Waals surface area contributed by atoms with Gasteiger partial charge in [-0.3, -0.25) is 4.79 Å². The Morgan fingerprint density at radius 3 is 2.30 bits per heavy atom. The van der Waals surface area contributed by atoms with Crippen LogP contribution in [0.2, 0.25) is 0 Å². The highest BCUT2D eigenvalue weighted by Gasteiger charge is 2.32. The lowest BCUT2D eigenvalue weighted by atomic mass is 10.1. The molecule has 4 N–H and O–H groups in total. The molecule has 162 valence electrons. The summed E-state index contributed by atoms with van der Waals surface area (Å²) in [6, 6.07) is 13.0. The van der Waals surface area contributed by atoms with Gasteiger partial charge in [0.1, 0.15) is 0 Å². The lowest BCUT2D eigenvalue weighted by Gasteiger charge is -2.35. The zero-order valence-electron chi connectivity index (χ0n) is 17.3. The first-order valence-corrected chi connectivity index (χ1v) is 11.6. The number of nitrogens with two attached hydrogens (primary N) is 1. The maximum absolute atomic E-state index is 13.0. The molecule has 2 aromatic carbocycles. The smallest absolute Gasteiger partial charge is 0.255 e. The van der Waals surface area contributed by atoms with Gasteiger partial charge in [0, 0.05) is 12.1 Å². The summed E-state index contributed by atoms with van der Waals surface area (Å²) in [4.78, 5) is 14.8. The molecule has 2 aromatic rings. The number of nitrogens with zero attached hydrogens (tertiary/aromatic N) is 1. The lowest BCUT2D eigenvalue weighted by Crippen LogP contribution is -2.45. The van der Waals surface area contributed by atoms with Crippen molar-refractivity contribution in [1.29, 1.82) is 0 Å². The number of piperidine rings is 1. The van der Waals surface area contributed by atoms with Crippen molar-refractivity contribution in [1.82, 2.24) is 4.90 Å². The largest absolute Gasteiger partial charge is 0.397 e. The molecular weight excluding hydrogens is 402 g/mol. The van der Waals surface area contributed by atoms with Gasteiger partial charge in [-0.1, -0.05) is 12.1 Å². The van der Waals surface area contributed by atoms with Crippen LogP contribution in [0.3, 0.4) is 0 Å². The van der Waals surface area contributed by atoms with Crippen LogP contribution in [0.25, 0.3) is 0 Å². The zero-order valence-corrected chi connectivity index (χ0v) is 18.2. The van der Waals surface area contributed by atoms with Gasteiger partial charge in [0.2, 0.25) is 0 Å². The molecule has 0 saturated carbocycles. The van der Waals surface area contributed by atoms with E-state index in [9.17, 15) is 18.3 Å². The lowest BCUT2D eigenvalue weighted by molar-refractivity contribution is 0.0305. The minimum atomic E-state index is -3.48. The Bertz CT molecular complexity index is 990. The quantitative estimate of drug-likeness (QED) is 0.606. The second-order valence-electron chi connectivity index (χ2n) is 8.40. The Morgan fingerprint density at radius 1 is 1.13 bits per heavy atom. The number of anilines is 2. The Balaban J connectivity index is 1.65. The Labute approximate surface area is 177 Å². The average Bonchev–Trinajstić information content (AvgIpc) is 2.69. The summed E-state index contributed by atoms with van der Waals surface area (Å²) in [7, 11) is -3.48. The highest BCUT2D eigenvalue weighted by atomic mass is 32.2. The molecule has 8 heteroatoms. The third-order valence-electron chi connectivity index (χ3n) is 5.24. The third-order valence-corrected chi connectivity index (χ3v) is 7.52. The van der Waals surface area contributed by atoms with Crippen molar-refractivity contribution in [3.05, 3.63) is 54.1 Å². The van der Waals surface area contributed by atoms with Gasteiger partial charge in [-0.2, -0.15) is 0 Å². The van der Waals surface area contributed by atoms with Crippen LogP contribution in [-0.4, -0.2) is 54.8 Å². The number of carbonyl (C=O) groups is 1. The van der Waals surface area contributed by atoms with Gasteiger partial charge < -0.3 is 21.1 Å². The fourth-order valence-electron chi connectivity index (χ4n) is 3.72. The summed E-state index contributed by atoms with van der Waals surface area (Å²) in [5.41, 5.74) is 6.37. The highest BCUT2D eigenvalue weighted by Crippen LogP contribution is 2.26. The molecular formula is C22H29N3O4S. The number of para-hydroxylation sites is 2. The van der Waals surface area contributed by atoms with Gasteiger partial charge in [-0.25, -0.2) is 8.42 Å². The number of benzene rings is 2. The molecule has 1 saturated heterocycles. The van der Waals surface area contributed by atoms with Gasteiger partial charge in [0.25, 0.3) is 5.91 Å². The molecule has 0 aliphatic carbocycles. The molecule has 0 atom stereocenters. The van der Waals surface area contributed by atoms with Crippen LogP contribution in [0.4, 0.5) is 11.4 Å². The standard InChI is InChI=1S/C22H29N3O4S/c1-22(2,27)15-25-13-11-18(12-14-25)30(28,29)17-9-7-16(8-10-17)21(26)24-20-6-4-3-5-19(20)23/h3-10,18,27H,11-15,23H2,1-2H3,(H,24,26). The predicted octanol–water partition coefficient (Wildman–Crippen LogP) is 2.53. The molecule has 0 aromatic heterocycles. The van der Waals surface area contributed by atoms with Crippen molar-refractivity contribution >= 4 is 27.1 Å². The topological polar surface area (TPSA) is 113 Å². The van der Waals surface area contributed by atoms with E-state index in [0.717, 1.165) is 0 Å². The molecule has 3 rings (SSSR count). The van der Waals surface area contributed by atoms with Crippen molar-refractivity contribution < 1.29 is 18.3 Å². The number of sulfone groups is 1. The number of hydrogen-bond acceptors (Lipinski definition) is 6.